The van der Waals surface area contributed by atoms with E-state index in [4.69, 9.17) is 0 Å². The lowest BCUT2D eigenvalue weighted by atomic mass is 9.86. The van der Waals surface area contributed by atoms with E-state index in [2.05, 4.69) is 246 Å². The fourth-order valence-corrected chi connectivity index (χ4v) is 12.7. The summed E-state index contributed by atoms with van der Waals surface area (Å²) in [5.74, 6) is 0.434. The van der Waals surface area contributed by atoms with Gasteiger partial charge in [0.05, 0.1) is 22.4 Å². The first kappa shape index (κ1) is 40.7. The first-order valence-electron chi connectivity index (χ1n) is 23.6. The molecule has 0 radical (unpaired) electrons. The molecule has 0 saturated heterocycles. The number of para-hydroxylation sites is 2. The molecule has 0 bridgehead atoms. The minimum atomic E-state index is 0.434. The molecule has 68 heavy (non-hydrogen) atoms. The van der Waals surface area contributed by atoms with Gasteiger partial charge in [-0.1, -0.05) is 175 Å². The number of fused-ring (bicyclic) bond motifs is 7. The van der Waals surface area contributed by atoms with Crippen molar-refractivity contribution >= 4 is 62.4 Å². The highest BCUT2D eigenvalue weighted by molar-refractivity contribution is 8.00. The monoisotopic (exact) mass is 906 g/mol. The second-order valence-corrected chi connectivity index (χ2v) is 20.2. The van der Waals surface area contributed by atoms with Gasteiger partial charge in [0.2, 0.25) is 0 Å². The normalized spacial score (nSPS) is 14.3. The molecule has 3 heterocycles. The van der Waals surface area contributed by atoms with Crippen LogP contribution in [0.4, 0.5) is 17.1 Å². The van der Waals surface area contributed by atoms with Crippen LogP contribution in [0.3, 0.4) is 0 Å². The highest BCUT2D eigenvalue weighted by Gasteiger charge is 2.25. The lowest BCUT2D eigenvalue weighted by Crippen LogP contribution is -2.14. The van der Waals surface area contributed by atoms with Gasteiger partial charge in [0, 0.05) is 41.7 Å². The molecule has 1 aromatic heterocycles. The molecule has 0 saturated carbocycles. The van der Waals surface area contributed by atoms with Crippen molar-refractivity contribution in [2.24, 2.45) is 0 Å². The first-order chi connectivity index (χ1) is 33.7. The summed E-state index contributed by atoms with van der Waals surface area (Å²) in [5.41, 5.74) is 18.7. The zero-order chi connectivity index (χ0) is 45.0. The van der Waals surface area contributed by atoms with Crippen LogP contribution in [-0.2, 0) is 12.8 Å². The van der Waals surface area contributed by atoms with E-state index in [0.717, 1.165) is 30.6 Å². The summed E-state index contributed by atoms with van der Waals surface area (Å²) in [6.45, 7) is 0. The highest BCUT2D eigenvalue weighted by Crippen LogP contribution is 2.51. The van der Waals surface area contributed by atoms with Crippen LogP contribution in [0.5, 0.6) is 0 Å². The van der Waals surface area contributed by atoms with E-state index >= 15 is 0 Å². The third kappa shape index (κ3) is 7.42. The maximum absolute atomic E-state index is 2.44. The predicted molar refractivity (Wildman–Crippen MR) is 288 cm³/mol. The Labute approximate surface area is 406 Å². The number of anilines is 3. The molecule has 2 aliphatic heterocycles. The van der Waals surface area contributed by atoms with Crippen molar-refractivity contribution in [2.45, 2.75) is 44.8 Å². The number of hydrogen-bond donors (Lipinski definition) is 0. The quantitative estimate of drug-likeness (QED) is 0.164. The van der Waals surface area contributed by atoms with E-state index in [1.165, 1.54) is 103 Å². The summed E-state index contributed by atoms with van der Waals surface area (Å²) in [6.07, 6.45) is 3.23. The summed E-state index contributed by atoms with van der Waals surface area (Å²) in [5, 5.41) is 2.49. The Kier molecular flexibility index (Phi) is 10.4. The molecule has 324 valence electrons. The van der Waals surface area contributed by atoms with E-state index in [1.807, 2.05) is 23.5 Å². The van der Waals surface area contributed by atoms with Gasteiger partial charge >= 0.3 is 0 Å². The molecule has 10 aromatic carbocycles. The minimum absolute atomic E-state index is 0.434. The van der Waals surface area contributed by atoms with Crippen molar-refractivity contribution in [1.82, 2.24) is 4.57 Å². The molecule has 2 nitrogen and oxygen atoms in total. The number of hydrogen-bond acceptors (Lipinski definition) is 3. The standard InChI is InChI=1S/C64H46N2S2/c1-2-12-43(13-3-1)44-28-34-53(35-29-44)65-57-38-32-50(46-24-22-45(23-25-46)49-27-26-48-14-4-8-18-61(48)67-62-19-9-5-15-52(62)40-49)41-55(57)56-42-51(33-39-58(56)65)47-30-36-54(37-31-47)66-59-16-6-10-20-63(59)68-64-21-11-7-17-60(64)66/h1-25,28-39,41-42,49H,26-27,40H2. The van der Waals surface area contributed by atoms with Gasteiger partial charge in [-0.2, -0.15) is 0 Å². The van der Waals surface area contributed by atoms with Crippen molar-refractivity contribution in [3.8, 4) is 39.1 Å². The molecule has 1 atom stereocenters. The summed E-state index contributed by atoms with van der Waals surface area (Å²) in [4.78, 5) is 7.69. The molecule has 13 rings (SSSR count). The Morgan fingerprint density at radius 3 is 1.41 bits per heavy atom. The smallest absolute Gasteiger partial charge is 0.0601 e. The lowest BCUT2D eigenvalue weighted by molar-refractivity contribution is 0.615. The molecule has 4 heteroatoms. The fourth-order valence-electron chi connectivity index (χ4n) is 10.5. The number of benzene rings is 10. The van der Waals surface area contributed by atoms with Crippen molar-refractivity contribution in [1.29, 1.82) is 0 Å². The molecule has 1 unspecified atom stereocenters. The summed E-state index contributed by atoms with van der Waals surface area (Å²) < 4.78 is 2.44. The fraction of sp³-hybridized carbons (Fsp3) is 0.0625. The van der Waals surface area contributed by atoms with Crippen molar-refractivity contribution in [3.63, 3.8) is 0 Å². The van der Waals surface area contributed by atoms with Crippen LogP contribution in [0.2, 0.25) is 0 Å². The van der Waals surface area contributed by atoms with Crippen molar-refractivity contribution in [3.05, 3.63) is 253 Å². The SMILES string of the molecule is c1ccc(-c2ccc(-n3c4ccc(-c5ccc(C6CCc7ccccc7Sc7ccccc7C6)cc5)cc4c4cc(-c5ccc(N6c7ccccc7Sc7ccccc76)cc5)ccc43)cc2)cc1. The van der Waals surface area contributed by atoms with Gasteiger partial charge in [-0.3, -0.25) is 0 Å². The van der Waals surface area contributed by atoms with E-state index in [0.29, 0.717) is 5.92 Å². The van der Waals surface area contributed by atoms with E-state index in [9.17, 15) is 0 Å². The Morgan fingerprint density at radius 1 is 0.353 bits per heavy atom. The van der Waals surface area contributed by atoms with E-state index < -0.39 is 0 Å². The number of rotatable bonds is 6. The Hall–Kier alpha value is -7.50. The molecular formula is C64H46N2S2. The van der Waals surface area contributed by atoms with Crippen LogP contribution in [0.25, 0.3) is 60.9 Å². The third-order valence-electron chi connectivity index (χ3n) is 14.0. The largest absolute Gasteiger partial charge is 0.309 e. The van der Waals surface area contributed by atoms with Crippen LogP contribution in [0.1, 0.15) is 29.0 Å². The van der Waals surface area contributed by atoms with Crippen molar-refractivity contribution in [2.75, 3.05) is 4.90 Å². The number of aromatic nitrogens is 1. The van der Waals surface area contributed by atoms with Gasteiger partial charge < -0.3 is 9.47 Å². The molecule has 0 N–H and O–H groups in total. The average Bonchev–Trinajstić information content (AvgIpc) is 3.76. The molecule has 2 aliphatic rings. The van der Waals surface area contributed by atoms with Gasteiger partial charge in [0.25, 0.3) is 0 Å². The van der Waals surface area contributed by atoms with Crippen LogP contribution in [0.15, 0.2) is 256 Å². The highest BCUT2D eigenvalue weighted by atomic mass is 32.2. The van der Waals surface area contributed by atoms with Crippen LogP contribution in [0, 0.1) is 0 Å². The average molecular weight is 907 g/mol. The van der Waals surface area contributed by atoms with Gasteiger partial charge in [0.15, 0.2) is 0 Å². The molecule has 0 fully saturated rings. The zero-order valence-corrected chi connectivity index (χ0v) is 39.1. The summed E-state index contributed by atoms with van der Waals surface area (Å²) in [6, 6.07) is 87.7. The predicted octanol–water partition coefficient (Wildman–Crippen LogP) is 18.1. The van der Waals surface area contributed by atoms with Crippen LogP contribution < -0.4 is 4.90 Å². The van der Waals surface area contributed by atoms with Crippen molar-refractivity contribution < 1.29 is 0 Å². The maximum Gasteiger partial charge on any atom is 0.0601 e. The van der Waals surface area contributed by atoms with E-state index in [-0.39, 0.29) is 0 Å². The van der Waals surface area contributed by atoms with Gasteiger partial charge in [0.1, 0.15) is 0 Å². The number of aryl methyl sites for hydroxylation is 1. The Balaban J connectivity index is 0.878. The Bertz CT molecular complexity index is 3600. The zero-order valence-electron chi connectivity index (χ0n) is 37.4. The first-order valence-corrected chi connectivity index (χ1v) is 25.3. The number of nitrogens with zero attached hydrogens (tertiary/aromatic N) is 2. The summed E-state index contributed by atoms with van der Waals surface area (Å²) in [7, 11) is 0. The second kappa shape index (κ2) is 17.3. The lowest BCUT2D eigenvalue weighted by Gasteiger charge is -2.32. The van der Waals surface area contributed by atoms with Gasteiger partial charge in [-0.15, -0.1) is 0 Å². The molecule has 0 aliphatic carbocycles. The molecule has 0 spiro atoms. The Morgan fingerprint density at radius 2 is 0.794 bits per heavy atom. The van der Waals surface area contributed by atoms with Crippen LogP contribution in [-0.4, -0.2) is 4.57 Å². The van der Waals surface area contributed by atoms with Gasteiger partial charge in [-0.25, -0.2) is 0 Å². The molecular weight excluding hydrogens is 861 g/mol. The topological polar surface area (TPSA) is 8.17 Å². The molecule has 0 amide bonds. The van der Waals surface area contributed by atoms with Gasteiger partial charge in [-0.05, 0) is 160 Å². The minimum Gasteiger partial charge on any atom is -0.309 e. The third-order valence-corrected chi connectivity index (χ3v) is 16.4. The second-order valence-electron chi connectivity index (χ2n) is 18.0. The van der Waals surface area contributed by atoms with Crippen LogP contribution >= 0.6 is 23.5 Å². The summed E-state index contributed by atoms with van der Waals surface area (Å²) >= 11 is 3.77. The van der Waals surface area contributed by atoms with E-state index in [1.54, 1.807) is 0 Å². The molecule has 11 aromatic rings. The maximum atomic E-state index is 2.44.